The van der Waals surface area contributed by atoms with E-state index in [1.54, 1.807) is 11.3 Å². The van der Waals surface area contributed by atoms with Crippen LogP contribution >= 0.6 is 11.3 Å². The largest absolute Gasteiger partial charge is 0.469 e. The third-order valence-electron chi connectivity index (χ3n) is 5.61. The highest BCUT2D eigenvalue weighted by Gasteiger charge is 2.30. The Morgan fingerprint density at radius 2 is 1.97 bits per heavy atom. The molecule has 3 rings (SSSR count). The average Bonchev–Trinajstić information content (AvgIpc) is 3.17. The van der Waals surface area contributed by atoms with Gasteiger partial charge in [-0.15, -0.1) is 11.3 Å². The predicted molar refractivity (Wildman–Crippen MR) is 118 cm³/mol. The molecule has 0 spiro atoms. The Balaban J connectivity index is 1.61. The van der Waals surface area contributed by atoms with Gasteiger partial charge in [0, 0.05) is 30.9 Å². The van der Waals surface area contributed by atoms with E-state index < -0.39 is 0 Å². The standard InChI is InChI=1S/C23H31N3O3S/c1-17(23(28)29-3)13-26(14-19-7-5-4-6-8-19)22(27)20-9-11-25(12-10-20)15-21-16-30-18(2)24-21/h4-8,16-17,20H,9-15H2,1-3H3. The summed E-state index contributed by atoms with van der Waals surface area (Å²) in [4.78, 5) is 34.1. The summed E-state index contributed by atoms with van der Waals surface area (Å²) in [6.07, 6.45) is 1.67. The molecule has 2 heterocycles. The molecule has 0 saturated carbocycles. The average molecular weight is 430 g/mol. The fourth-order valence-corrected chi connectivity index (χ4v) is 4.55. The number of thiazole rings is 1. The first-order chi connectivity index (χ1) is 14.5. The van der Waals surface area contributed by atoms with Gasteiger partial charge in [0.05, 0.1) is 23.7 Å². The summed E-state index contributed by atoms with van der Waals surface area (Å²) in [7, 11) is 1.39. The summed E-state index contributed by atoms with van der Waals surface area (Å²) >= 11 is 1.68. The van der Waals surface area contributed by atoms with Gasteiger partial charge >= 0.3 is 5.97 Å². The lowest BCUT2D eigenvalue weighted by Gasteiger charge is -2.34. The number of piperidine rings is 1. The minimum Gasteiger partial charge on any atom is -0.469 e. The van der Waals surface area contributed by atoms with Crippen LogP contribution in [0.1, 0.15) is 36.0 Å². The number of hydrogen-bond acceptors (Lipinski definition) is 6. The van der Waals surface area contributed by atoms with Crippen LogP contribution in [0.2, 0.25) is 0 Å². The van der Waals surface area contributed by atoms with Gasteiger partial charge in [0.25, 0.3) is 0 Å². The molecule has 1 unspecified atom stereocenters. The van der Waals surface area contributed by atoms with Crippen LogP contribution in [0.3, 0.4) is 0 Å². The van der Waals surface area contributed by atoms with Crippen LogP contribution in [0.4, 0.5) is 0 Å². The number of benzene rings is 1. The molecule has 1 aliphatic rings. The Labute approximate surface area is 182 Å². The van der Waals surface area contributed by atoms with Crippen molar-refractivity contribution in [2.24, 2.45) is 11.8 Å². The number of hydrogen-bond donors (Lipinski definition) is 0. The second-order valence-corrected chi connectivity index (χ2v) is 9.10. The molecule has 6 nitrogen and oxygen atoms in total. The van der Waals surface area contributed by atoms with Crippen molar-refractivity contribution in [3.8, 4) is 0 Å². The smallest absolute Gasteiger partial charge is 0.310 e. The number of ether oxygens (including phenoxy) is 1. The molecule has 30 heavy (non-hydrogen) atoms. The first-order valence-electron chi connectivity index (χ1n) is 10.5. The normalized spacial score (nSPS) is 16.2. The summed E-state index contributed by atoms with van der Waals surface area (Å²) in [5.41, 5.74) is 2.18. The maximum Gasteiger partial charge on any atom is 0.310 e. The van der Waals surface area contributed by atoms with E-state index in [1.807, 2.05) is 49.1 Å². The molecule has 0 N–H and O–H groups in total. The summed E-state index contributed by atoms with van der Waals surface area (Å²) in [5, 5.41) is 3.20. The van der Waals surface area contributed by atoms with Gasteiger partial charge in [0.15, 0.2) is 0 Å². The minimum absolute atomic E-state index is 0.00743. The monoisotopic (exact) mass is 429 g/mol. The second kappa shape index (κ2) is 10.7. The van der Waals surface area contributed by atoms with E-state index >= 15 is 0 Å². The van der Waals surface area contributed by atoms with Crippen molar-refractivity contribution < 1.29 is 14.3 Å². The Hall–Kier alpha value is -2.25. The maximum atomic E-state index is 13.4. The topological polar surface area (TPSA) is 62.7 Å². The fourth-order valence-electron chi connectivity index (χ4n) is 3.95. The van der Waals surface area contributed by atoms with E-state index in [2.05, 4.69) is 15.3 Å². The van der Waals surface area contributed by atoms with Crippen molar-refractivity contribution in [3.05, 3.63) is 52.0 Å². The Morgan fingerprint density at radius 3 is 2.57 bits per heavy atom. The number of likely N-dealkylation sites (tertiary alicyclic amines) is 1. The van der Waals surface area contributed by atoms with Crippen LogP contribution in [-0.4, -0.2) is 53.4 Å². The van der Waals surface area contributed by atoms with Crippen LogP contribution in [0.5, 0.6) is 0 Å². The zero-order valence-corrected chi connectivity index (χ0v) is 18.9. The number of rotatable bonds is 8. The molecule has 1 aromatic heterocycles. The second-order valence-electron chi connectivity index (χ2n) is 8.04. The van der Waals surface area contributed by atoms with Crippen molar-refractivity contribution in [3.63, 3.8) is 0 Å². The molecule has 1 fully saturated rings. The lowest BCUT2D eigenvalue weighted by molar-refractivity contribution is -0.147. The number of esters is 1. The fraction of sp³-hybridized carbons (Fsp3) is 0.522. The molecule has 162 valence electrons. The lowest BCUT2D eigenvalue weighted by Crippen LogP contribution is -2.44. The summed E-state index contributed by atoms with van der Waals surface area (Å²) in [6.45, 7) is 7.35. The van der Waals surface area contributed by atoms with Crippen LogP contribution in [0, 0.1) is 18.8 Å². The molecule has 0 radical (unpaired) electrons. The van der Waals surface area contributed by atoms with E-state index in [4.69, 9.17) is 4.74 Å². The summed E-state index contributed by atoms with van der Waals surface area (Å²) in [5.74, 6) is -0.504. The van der Waals surface area contributed by atoms with Gasteiger partial charge in [0.2, 0.25) is 5.91 Å². The van der Waals surface area contributed by atoms with E-state index in [9.17, 15) is 9.59 Å². The molecule has 2 aromatic rings. The minimum atomic E-state index is -0.351. The highest BCUT2D eigenvalue weighted by Crippen LogP contribution is 2.23. The van der Waals surface area contributed by atoms with Crippen LogP contribution < -0.4 is 0 Å². The van der Waals surface area contributed by atoms with Crippen LogP contribution in [-0.2, 0) is 27.4 Å². The van der Waals surface area contributed by atoms with E-state index in [-0.39, 0.29) is 23.7 Å². The number of methoxy groups -OCH3 is 1. The highest BCUT2D eigenvalue weighted by molar-refractivity contribution is 7.09. The van der Waals surface area contributed by atoms with Gasteiger partial charge in [-0.05, 0) is 38.4 Å². The van der Waals surface area contributed by atoms with Crippen LogP contribution in [0.15, 0.2) is 35.7 Å². The Bertz CT molecular complexity index is 831. The van der Waals surface area contributed by atoms with Crippen molar-refractivity contribution in [2.45, 2.75) is 39.8 Å². The third-order valence-corrected chi connectivity index (χ3v) is 6.44. The number of carbonyl (C=O) groups is 2. The van der Waals surface area contributed by atoms with E-state index in [1.165, 1.54) is 7.11 Å². The molecule has 1 amide bonds. The quantitative estimate of drug-likeness (QED) is 0.601. The van der Waals surface area contributed by atoms with Crippen LogP contribution in [0.25, 0.3) is 0 Å². The number of amides is 1. The Morgan fingerprint density at radius 1 is 1.27 bits per heavy atom. The SMILES string of the molecule is COC(=O)C(C)CN(Cc1ccccc1)C(=O)C1CCN(Cc2csc(C)n2)CC1. The zero-order valence-electron chi connectivity index (χ0n) is 18.0. The molecule has 0 bridgehead atoms. The molecular formula is C23H31N3O3S. The predicted octanol–water partition coefficient (Wildman–Crippen LogP) is 3.50. The Kier molecular flexibility index (Phi) is 7.99. The van der Waals surface area contributed by atoms with Crippen molar-refractivity contribution in [2.75, 3.05) is 26.7 Å². The molecule has 0 aliphatic carbocycles. The molecule has 7 heteroatoms. The van der Waals surface area contributed by atoms with Gasteiger partial charge in [-0.2, -0.15) is 0 Å². The maximum absolute atomic E-state index is 13.4. The first kappa shape index (κ1) is 22.4. The molecule has 1 aromatic carbocycles. The van der Waals surface area contributed by atoms with Gasteiger partial charge in [-0.25, -0.2) is 4.98 Å². The van der Waals surface area contributed by atoms with Crippen molar-refractivity contribution in [1.82, 2.24) is 14.8 Å². The van der Waals surface area contributed by atoms with Crippen molar-refractivity contribution in [1.29, 1.82) is 0 Å². The number of aromatic nitrogens is 1. The first-order valence-corrected chi connectivity index (χ1v) is 11.4. The van der Waals surface area contributed by atoms with Gasteiger partial charge in [-0.3, -0.25) is 14.5 Å². The number of nitrogens with zero attached hydrogens (tertiary/aromatic N) is 3. The van der Waals surface area contributed by atoms with Gasteiger partial charge < -0.3 is 9.64 Å². The molecule has 1 aliphatic heterocycles. The number of aryl methyl sites for hydroxylation is 1. The van der Waals surface area contributed by atoms with Gasteiger partial charge in [-0.1, -0.05) is 37.3 Å². The molecule has 1 atom stereocenters. The molecular weight excluding hydrogens is 398 g/mol. The summed E-state index contributed by atoms with van der Waals surface area (Å²) < 4.78 is 4.87. The van der Waals surface area contributed by atoms with Gasteiger partial charge in [0.1, 0.15) is 0 Å². The third kappa shape index (κ3) is 6.12. The van der Waals surface area contributed by atoms with Crippen molar-refractivity contribution >= 4 is 23.2 Å². The highest BCUT2D eigenvalue weighted by atomic mass is 32.1. The van der Waals surface area contributed by atoms with E-state index in [0.29, 0.717) is 13.1 Å². The molecule has 1 saturated heterocycles. The summed E-state index contributed by atoms with van der Waals surface area (Å²) in [6, 6.07) is 9.94. The number of carbonyl (C=O) groups excluding carboxylic acids is 2. The zero-order chi connectivity index (χ0) is 21.5. The van der Waals surface area contributed by atoms with E-state index in [0.717, 1.165) is 48.7 Å². The lowest BCUT2D eigenvalue weighted by atomic mass is 9.94.